The van der Waals surface area contributed by atoms with Crippen LogP contribution in [0.4, 0.5) is 11.4 Å². The number of allylic oxidation sites excluding steroid dienone is 4. The molecule has 2 aliphatic rings. The van der Waals surface area contributed by atoms with Crippen molar-refractivity contribution in [1.82, 2.24) is 19.9 Å². The van der Waals surface area contributed by atoms with E-state index >= 15 is 0 Å². The Morgan fingerprint density at radius 3 is 2.13 bits per heavy atom. The molecule has 0 radical (unpaired) electrons. The summed E-state index contributed by atoms with van der Waals surface area (Å²) in [6.07, 6.45) is 12.1. The average Bonchev–Trinajstić information content (AvgIpc) is 3.48. The van der Waals surface area contributed by atoms with Gasteiger partial charge < -0.3 is 4.90 Å². The highest BCUT2D eigenvalue weighted by atomic mass is 15.1. The molecule has 0 fully saturated rings. The second-order valence-electron chi connectivity index (χ2n) is 14.0. The Labute approximate surface area is 310 Å². The van der Waals surface area contributed by atoms with E-state index in [0.29, 0.717) is 17.3 Å². The molecule has 5 heteroatoms. The number of rotatable bonds is 5. The van der Waals surface area contributed by atoms with Crippen LogP contribution in [0.25, 0.3) is 62.0 Å². The number of benzene rings is 5. The summed E-state index contributed by atoms with van der Waals surface area (Å²) in [5, 5.41) is 0. The highest BCUT2D eigenvalue weighted by molar-refractivity contribution is 5.86. The van der Waals surface area contributed by atoms with Gasteiger partial charge in [-0.3, -0.25) is 0 Å². The Hall–Kier alpha value is -6.72. The van der Waals surface area contributed by atoms with Crippen molar-refractivity contribution in [3.8, 4) is 56.4 Å². The summed E-state index contributed by atoms with van der Waals surface area (Å²) >= 11 is 0. The number of hydrogen-bond donors (Lipinski definition) is 0. The predicted octanol–water partition coefficient (Wildman–Crippen LogP) is 11.5. The van der Waals surface area contributed by atoms with E-state index in [-0.39, 0.29) is 5.41 Å². The van der Waals surface area contributed by atoms with E-state index < -0.39 is 0 Å². The average molecular weight is 684 g/mol. The van der Waals surface area contributed by atoms with Gasteiger partial charge in [0.25, 0.3) is 0 Å². The third-order valence-corrected chi connectivity index (χ3v) is 10.4. The van der Waals surface area contributed by atoms with Gasteiger partial charge in [0.2, 0.25) is 0 Å². The van der Waals surface area contributed by atoms with Gasteiger partial charge in [0.1, 0.15) is 5.69 Å². The monoisotopic (exact) mass is 683 g/mol. The molecule has 5 nitrogen and oxygen atoms in total. The smallest absolute Gasteiger partial charge is 0.178 e. The topological polar surface area (TPSA) is 54.8 Å². The van der Waals surface area contributed by atoms with Crippen molar-refractivity contribution in [3.05, 3.63) is 187 Å². The maximum Gasteiger partial charge on any atom is 0.178 e. The first-order valence-corrected chi connectivity index (χ1v) is 18.0. The Bertz CT molecular complexity index is 2580. The summed E-state index contributed by atoms with van der Waals surface area (Å²) < 4.78 is 0. The lowest BCUT2D eigenvalue weighted by molar-refractivity contribution is 0.660. The first-order chi connectivity index (χ1) is 25.9. The number of hydrogen-bond acceptors (Lipinski definition) is 5. The summed E-state index contributed by atoms with van der Waals surface area (Å²) in [5.74, 6) is 1.18. The van der Waals surface area contributed by atoms with E-state index in [2.05, 4.69) is 135 Å². The molecule has 0 saturated heterocycles. The molecule has 53 heavy (non-hydrogen) atoms. The lowest BCUT2D eigenvalue weighted by atomic mass is 9.82. The molecule has 3 heterocycles. The second kappa shape index (κ2) is 13.1. The molecule has 5 aromatic carbocycles. The van der Waals surface area contributed by atoms with Gasteiger partial charge in [0.05, 0.1) is 5.69 Å². The third-order valence-electron chi connectivity index (χ3n) is 10.4. The summed E-state index contributed by atoms with van der Waals surface area (Å²) in [6, 6.07) is 44.5. The van der Waals surface area contributed by atoms with E-state index in [0.717, 1.165) is 57.0 Å². The summed E-state index contributed by atoms with van der Waals surface area (Å²) in [7, 11) is 0. The van der Waals surface area contributed by atoms with Gasteiger partial charge in [-0.1, -0.05) is 142 Å². The molecule has 9 rings (SSSR count). The highest BCUT2D eigenvalue weighted by Crippen LogP contribution is 2.49. The summed E-state index contributed by atoms with van der Waals surface area (Å²) in [4.78, 5) is 22.2. The Morgan fingerprint density at radius 2 is 1.28 bits per heavy atom. The highest BCUT2D eigenvalue weighted by Gasteiger charge is 2.35. The molecule has 0 spiro atoms. The van der Waals surface area contributed by atoms with Crippen LogP contribution in [0.2, 0.25) is 0 Å². The van der Waals surface area contributed by atoms with E-state index in [4.69, 9.17) is 19.9 Å². The van der Waals surface area contributed by atoms with Gasteiger partial charge in [-0.15, -0.1) is 0 Å². The van der Waals surface area contributed by atoms with Gasteiger partial charge >= 0.3 is 0 Å². The molecular weight excluding hydrogens is 647 g/mol. The minimum absolute atomic E-state index is 0.117. The van der Waals surface area contributed by atoms with Gasteiger partial charge in [0, 0.05) is 58.0 Å². The number of aromatic nitrogens is 4. The SMILES string of the molecule is C=C1/C=C\C=C/CN(c2cccc(-c3cnc(-c4cc(-c5ccc6c(c5)C(C)(C)c5ccccc5-6)nc(-c5ccccc5)n4)nc3)c2)c2ccccc21. The Kier molecular flexibility index (Phi) is 7.97. The quantitative estimate of drug-likeness (QED) is 0.181. The van der Waals surface area contributed by atoms with Gasteiger partial charge in [0.15, 0.2) is 11.6 Å². The fourth-order valence-corrected chi connectivity index (χ4v) is 7.58. The molecular formula is C48H37N5. The fourth-order valence-electron chi connectivity index (χ4n) is 7.58. The molecule has 0 atom stereocenters. The first-order valence-electron chi connectivity index (χ1n) is 18.0. The zero-order chi connectivity index (χ0) is 35.9. The molecule has 1 aliphatic carbocycles. The van der Waals surface area contributed by atoms with Crippen LogP contribution >= 0.6 is 0 Å². The lowest BCUT2D eigenvalue weighted by Crippen LogP contribution is -2.18. The molecule has 0 bridgehead atoms. The van der Waals surface area contributed by atoms with Crippen molar-refractivity contribution in [2.45, 2.75) is 19.3 Å². The minimum Gasteiger partial charge on any atom is -0.337 e. The summed E-state index contributed by atoms with van der Waals surface area (Å²) in [6.45, 7) is 9.65. The van der Waals surface area contributed by atoms with Crippen molar-refractivity contribution in [2.24, 2.45) is 0 Å². The Morgan fingerprint density at radius 1 is 0.566 bits per heavy atom. The summed E-state index contributed by atoms with van der Waals surface area (Å²) in [5.41, 5.74) is 14.8. The fraction of sp³-hybridized carbons (Fsp3) is 0.0833. The largest absolute Gasteiger partial charge is 0.337 e. The van der Waals surface area contributed by atoms with Crippen molar-refractivity contribution in [1.29, 1.82) is 0 Å². The molecule has 2 aromatic heterocycles. The van der Waals surface area contributed by atoms with Crippen LogP contribution in [0.5, 0.6) is 0 Å². The zero-order valence-electron chi connectivity index (χ0n) is 29.7. The predicted molar refractivity (Wildman–Crippen MR) is 218 cm³/mol. The van der Waals surface area contributed by atoms with Crippen molar-refractivity contribution in [2.75, 3.05) is 11.4 Å². The van der Waals surface area contributed by atoms with Crippen LogP contribution in [0.3, 0.4) is 0 Å². The van der Waals surface area contributed by atoms with Crippen LogP contribution < -0.4 is 4.90 Å². The van der Waals surface area contributed by atoms with Crippen LogP contribution in [0, 0.1) is 0 Å². The van der Waals surface area contributed by atoms with Crippen LogP contribution in [0.15, 0.2) is 171 Å². The lowest BCUT2D eigenvalue weighted by Gasteiger charge is -2.26. The zero-order valence-corrected chi connectivity index (χ0v) is 29.7. The van der Waals surface area contributed by atoms with Gasteiger partial charge in [-0.2, -0.15) is 0 Å². The van der Waals surface area contributed by atoms with Crippen molar-refractivity contribution in [3.63, 3.8) is 0 Å². The normalized spacial score (nSPS) is 15.4. The van der Waals surface area contributed by atoms with E-state index in [1.807, 2.05) is 54.9 Å². The maximum absolute atomic E-state index is 5.09. The van der Waals surface area contributed by atoms with E-state index in [1.54, 1.807) is 0 Å². The maximum atomic E-state index is 5.09. The number of para-hydroxylation sites is 1. The first kappa shape index (κ1) is 32.2. The molecule has 0 unspecified atom stereocenters. The second-order valence-corrected chi connectivity index (χ2v) is 14.0. The molecule has 0 saturated carbocycles. The van der Waals surface area contributed by atoms with Crippen LogP contribution in [0.1, 0.15) is 30.5 Å². The molecule has 254 valence electrons. The number of nitrogens with zero attached hydrogens (tertiary/aromatic N) is 5. The third kappa shape index (κ3) is 5.86. The van der Waals surface area contributed by atoms with Gasteiger partial charge in [-0.25, -0.2) is 19.9 Å². The Balaban J connectivity index is 1.08. The number of anilines is 2. The van der Waals surface area contributed by atoms with E-state index in [1.165, 1.54) is 22.3 Å². The molecule has 7 aromatic rings. The van der Waals surface area contributed by atoms with Crippen LogP contribution in [-0.4, -0.2) is 26.5 Å². The minimum atomic E-state index is -0.117. The molecule has 1 aliphatic heterocycles. The standard InChI is InChI=1S/C48H37N5/c1-32-15-6-5-13-26-53(45-23-12-10-20-38(32)45)37-19-14-18-34(27-37)36-30-49-47(50-31-36)44-29-43(51-46(52-44)33-16-7-4-8-17-33)35-24-25-40-39-21-9-11-22-41(39)48(2,3)42(40)28-35/h4-25,27-31H,1,26H2,2-3H3/b13-5-,15-6-. The molecule has 0 amide bonds. The van der Waals surface area contributed by atoms with E-state index in [9.17, 15) is 0 Å². The van der Waals surface area contributed by atoms with Crippen molar-refractivity contribution >= 4 is 16.9 Å². The van der Waals surface area contributed by atoms with Crippen LogP contribution in [-0.2, 0) is 5.41 Å². The van der Waals surface area contributed by atoms with Gasteiger partial charge in [-0.05, 0) is 63.7 Å². The molecule has 0 N–H and O–H groups in total. The number of fused-ring (bicyclic) bond motifs is 4. The van der Waals surface area contributed by atoms with Crippen molar-refractivity contribution < 1.29 is 0 Å².